The first-order chi connectivity index (χ1) is 12.3. The molecule has 160 valence electrons. The smallest absolute Gasteiger partial charge is 0.265 e. The molecule has 0 heterocycles. The highest BCUT2D eigenvalue weighted by atomic mass is 32.2. The summed E-state index contributed by atoms with van der Waals surface area (Å²) in [4.78, 5) is 23.9. The molecule has 0 spiro atoms. The third-order valence-electron chi connectivity index (χ3n) is 4.17. The molecule has 0 aliphatic carbocycles. The van der Waals surface area contributed by atoms with Crippen LogP contribution in [0.3, 0.4) is 0 Å². The molecule has 0 atom stereocenters. The minimum atomic E-state index is -4.07. The minimum absolute atomic E-state index is 0.0101. The topological polar surface area (TPSA) is 127 Å². The lowest BCUT2D eigenvalue weighted by Gasteiger charge is -2.22. The molecule has 0 aliphatic rings. The second-order valence-electron chi connectivity index (χ2n) is 8.39. The molecule has 0 saturated heterocycles. The molecule has 27 heavy (non-hydrogen) atoms. The van der Waals surface area contributed by atoms with Gasteiger partial charge in [0.1, 0.15) is 11.6 Å². The monoisotopic (exact) mass is 428 g/mol. The molecule has 0 aromatic rings. The maximum atomic E-state index is 12.0. The molecule has 0 aromatic carbocycles. The third kappa shape index (κ3) is 16.2. The van der Waals surface area contributed by atoms with E-state index in [2.05, 4.69) is 9.37 Å². The average molecular weight is 429 g/mol. The van der Waals surface area contributed by atoms with Crippen molar-refractivity contribution in [3.05, 3.63) is 0 Å². The van der Waals surface area contributed by atoms with E-state index in [-0.39, 0.29) is 35.6 Å². The van der Waals surface area contributed by atoms with Crippen LogP contribution in [0.2, 0.25) is 0 Å². The molecule has 10 heteroatoms. The van der Waals surface area contributed by atoms with Crippen LogP contribution in [0.1, 0.15) is 72.6 Å². The Morgan fingerprint density at radius 2 is 1.41 bits per heavy atom. The zero-order valence-electron chi connectivity index (χ0n) is 16.5. The van der Waals surface area contributed by atoms with Crippen LogP contribution in [0.25, 0.3) is 0 Å². The first-order valence-corrected chi connectivity index (χ1v) is 11.4. The van der Waals surface area contributed by atoms with Gasteiger partial charge in [0.25, 0.3) is 10.1 Å². The number of carbonyl (C=O) groups is 2. The summed E-state index contributed by atoms with van der Waals surface area (Å²) < 4.78 is 35.2. The van der Waals surface area contributed by atoms with Gasteiger partial charge in [-0.15, -0.1) is 4.33 Å². The van der Waals surface area contributed by atoms with E-state index in [0.717, 1.165) is 12.0 Å². The number of hydrogen-bond donors (Lipinski definition) is 2. The van der Waals surface area contributed by atoms with Crippen LogP contribution in [0.15, 0.2) is 0 Å². The van der Waals surface area contributed by atoms with Gasteiger partial charge in [-0.1, -0.05) is 32.7 Å². The Kier molecular flexibility index (Phi) is 11.9. The van der Waals surface area contributed by atoms with Gasteiger partial charge >= 0.3 is 0 Å². The lowest BCUT2D eigenvalue weighted by molar-refractivity contribution is -0.432. The van der Waals surface area contributed by atoms with Crippen molar-refractivity contribution in [1.82, 2.24) is 0 Å². The van der Waals surface area contributed by atoms with Gasteiger partial charge < -0.3 is 0 Å². The van der Waals surface area contributed by atoms with Gasteiger partial charge in [0.15, 0.2) is 0 Å². The van der Waals surface area contributed by atoms with Crippen LogP contribution in [0.4, 0.5) is 0 Å². The van der Waals surface area contributed by atoms with Crippen LogP contribution in [-0.4, -0.2) is 41.3 Å². The average Bonchev–Trinajstić information content (AvgIpc) is 2.49. The maximum Gasteiger partial charge on any atom is 0.265 e. The molecule has 2 N–H and O–H groups in total. The Hall–Kier alpha value is -0.520. The fourth-order valence-corrected chi connectivity index (χ4v) is 4.22. The summed E-state index contributed by atoms with van der Waals surface area (Å²) in [6.07, 6.45) is 2.76. The van der Waals surface area contributed by atoms with Crippen molar-refractivity contribution in [1.29, 1.82) is 0 Å². The predicted octanol–water partition coefficient (Wildman–Crippen LogP) is 3.86. The Bertz CT molecular complexity index is 569. The molecule has 0 amide bonds. The van der Waals surface area contributed by atoms with Gasteiger partial charge in [-0.05, 0) is 30.1 Å². The van der Waals surface area contributed by atoms with Crippen molar-refractivity contribution < 1.29 is 37.2 Å². The van der Waals surface area contributed by atoms with Gasteiger partial charge in [-0.25, -0.2) is 5.26 Å². The highest BCUT2D eigenvalue weighted by Crippen LogP contribution is 2.28. The number of rotatable bonds is 16. The van der Waals surface area contributed by atoms with Crippen LogP contribution in [0.5, 0.6) is 0 Å². The van der Waals surface area contributed by atoms with Gasteiger partial charge in [-0.2, -0.15) is 8.42 Å². The minimum Gasteiger partial charge on any atom is -0.300 e. The summed E-state index contributed by atoms with van der Waals surface area (Å²) in [5, 5.41) is 11.6. The van der Waals surface area contributed by atoms with Crippen molar-refractivity contribution in [3.63, 3.8) is 0 Å². The molecule has 0 aromatic heterocycles. The van der Waals surface area contributed by atoms with E-state index in [0.29, 0.717) is 37.9 Å². The molecule has 0 unspecified atom stereocenters. The van der Waals surface area contributed by atoms with Crippen LogP contribution in [-0.2, 0) is 29.1 Å². The lowest BCUT2D eigenvalue weighted by atomic mass is 9.87. The SMILES string of the molecule is CC(C)(CCC(=O)CCCC(=O)CCC(C)(C)CS(=O)(=O)O)CSOOO. The van der Waals surface area contributed by atoms with E-state index < -0.39 is 15.5 Å². The van der Waals surface area contributed by atoms with Gasteiger partial charge in [0.05, 0.1) is 5.75 Å². The largest absolute Gasteiger partial charge is 0.300 e. The van der Waals surface area contributed by atoms with Gasteiger partial charge in [0.2, 0.25) is 0 Å². The number of ketones is 2. The molecule has 0 aliphatic heterocycles. The normalized spacial score (nSPS) is 13.0. The Labute approximate surface area is 166 Å². The summed E-state index contributed by atoms with van der Waals surface area (Å²) in [5.41, 5.74) is -0.833. The molecular formula is C17H32O8S2. The zero-order chi connectivity index (χ0) is 21.1. The van der Waals surface area contributed by atoms with Gasteiger partial charge in [0, 0.05) is 43.5 Å². The van der Waals surface area contributed by atoms with Crippen molar-refractivity contribution in [2.45, 2.75) is 72.6 Å². The van der Waals surface area contributed by atoms with Crippen LogP contribution >= 0.6 is 12.0 Å². The summed E-state index contributed by atoms with van der Waals surface area (Å²) >= 11 is 0.963. The number of Topliss-reactive ketones (excluding diaryl/α,β-unsaturated/α-hetero) is 2. The molecule has 0 bridgehead atoms. The number of carbonyl (C=O) groups excluding carboxylic acids is 2. The number of hydrogen-bond acceptors (Lipinski definition) is 8. The highest BCUT2D eigenvalue weighted by Gasteiger charge is 2.25. The summed E-state index contributed by atoms with van der Waals surface area (Å²) in [7, 11) is -4.07. The van der Waals surface area contributed by atoms with E-state index >= 15 is 0 Å². The highest BCUT2D eigenvalue weighted by molar-refractivity contribution is 7.94. The second-order valence-corrected chi connectivity index (χ2v) is 10.5. The van der Waals surface area contributed by atoms with Crippen LogP contribution in [0, 0.1) is 10.8 Å². The fourth-order valence-electron chi connectivity index (χ4n) is 2.53. The van der Waals surface area contributed by atoms with Crippen molar-refractivity contribution in [3.8, 4) is 0 Å². The van der Waals surface area contributed by atoms with E-state index in [4.69, 9.17) is 9.81 Å². The molecule has 0 saturated carbocycles. The molecule has 0 radical (unpaired) electrons. The van der Waals surface area contributed by atoms with Crippen molar-refractivity contribution >= 4 is 33.7 Å². The molecule has 0 rings (SSSR count). The van der Waals surface area contributed by atoms with Crippen molar-refractivity contribution in [2.24, 2.45) is 10.8 Å². The van der Waals surface area contributed by atoms with E-state index in [1.807, 2.05) is 13.8 Å². The maximum absolute atomic E-state index is 12.0. The molecule has 8 nitrogen and oxygen atoms in total. The van der Waals surface area contributed by atoms with Crippen LogP contribution < -0.4 is 0 Å². The quantitative estimate of drug-likeness (QED) is 0.124. The summed E-state index contributed by atoms with van der Waals surface area (Å²) in [6, 6.07) is 0. The Morgan fingerprint density at radius 1 is 0.926 bits per heavy atom. The summed E-state index contributed by atoms with van der Waals surface area (Å²) in [5.74, 6) is 0.254. The Morgan fingerprint density at radius 3 is 1.85 bits per heavy atom. The zero-order valence-corrected chi connectivity index (χ0v) is 18.2. The van der Waals surface area contributed by atoms with E-state index in [9.17, 15) is 18.0 Å². The standard InChI is InChI=1S/C17H32O8S2/c1-16(2,12-26-25-24-20)10-8-14(18)6-5-7-15(19)9-11-17(3,4)13-27(21,22)23/h20H,5-13H2,1-4H3,(H,21,22,23). The second kappa shape index (κ2) is 12.1. The van der Waals surface area contributed by atoms with Gasteiger partial charge in [-0.3, -0.25) is 14.1 Å². The Balaban J connectivity index is 4.01. The van der Waals surface area contributed by atoms with E-state index in [1.54, 1.807) is 13.8 Å². The molecular weight excluding hydrogens is 396 g/mol. The molecule has 0 fully saturated rings. The third-order valence-corrected chi connectivity index (χ3v) is 6.38. The predicted molar refractivity (Wildman–Crippen MR) is 104 cm³/mol. The first-order valence-electron chi connectivity index (χ1n) is 8.85. The van der Waals surface area contributed by atoms with E-state index in [1.165, 1.54) is 0 Å². The first kappa shape index (κ1) is 26.5. The van der Waals surface area contributed by atoms with Crippen molar-refractivity contribution in [2.75, 3.05) is 11.5 Å². The summed E-state index contributed by atoms with van der Waals surface area (Å²) in [6.45, 7) is 7.34. The fraction of sp³-hybridized carbons (Fsp3) is 0.882. The lowest BCUT2D eigenvalue weighted by Crippen LogP contribution is -2.24.